The van der Waals surface area contributed by atoms with Gasteiger partial charge in [-0.1, -0.05) is 11.3 Å². The molecule has 0 aliphatic rings. The molecule has 2 N–H and O–H groups in total. The van der Waals surface area contributed by atoms with Crippen molar-refractivity contribution in [3.05, 3.63) is 36.2 Å². The van der Waals surface area contributed by atoms with Gasteiger partial charge in [-0.25, -0.2) is 0 Å². The van der Waals surface area contributed by atoms with Crippen molar-refractivity contribution in [2.45, 2.75) is 10.6 Å². The Morgan fingerprint density at radius 2 is 2.33 bits per heavy atom. The molecule has 0 radical (unpaired) electrons. The summed E-state index contributed by atoms with van der Waals surface area (Å²) in [5.41, 5.74) is 7.45. The van der Waals surface area contributed by atoms with Gasteiger partial charge in [0.15, 0.2) is 0 Å². The standard InChI is InChI=1S/C10H12N4S/c1-14-6-9(12-13-14)7-15-10-4-2-3-8(11)5-10/h2-6H,7,11H2,1H3. The van der Waals surface area contributed by atoms with E-state index in [4.69, 9.17) is 5.73 Å². The van der Waals surface area contributed by atoms with E-state index in [-0.39, 0.29) is 0 Å². The maximum absolute atomic E-state index is 5.69. The number of nitrogen functional groups attached to an aromatic ring is 1. The molecule has 0 bridgehead atoms. The Bertz CT molecular complexity index is 452. The van der Waals surface area contributed by atoms with Crippen LogP contribution in [-0.4, -0.2) is 15.0 Å². The Balaban J connectivity index is 1.99. The molecule has 0 amide bonds. The molecule has 0 unspecified atom stereocenters. The number of benzene rings is 1. The van der Waals surface area contributed by atoms with E-state index in [2.05, 4.69) is 10.3 Å². The van der Waals surface area contributed by atoms with Gasteiger partial charge in [0.05, 0.1) is 5.69 Å². The van der Waals surface area contributed by atoms with Gasteiger partial charge in [0.1, 0.15) is 0 Å². The fourth-order valence-electron chi connectivity index (χ4n) is 1.22. The number of hydrogen-bond donors (Lipinski definition) is 1. The minimum absolute atomic E-state index is 0.791. The van der Waals surface area contributed by atoms with Crippen molar-refractivity contribution < 1.29 is 0 Å². The summed E-state index contributed by atoms with van der Waals surface area (Å²) >= 11 is 1.71. The zero-order valence-corrected chi connectivity index (χ0v) is 9.24. The molecule has 0 aliphatic carbocycles. The lowest BCUT2D eigenvalue weighted by Gasteiger charge is -1.99. The number of aromatic nitrogens is 3. The lowest BCUT2D eigenvalue weighted by atomic mass is 10.3. The molecular weight excluding hydrogens is 208 g/mol. The number of thioether (sulfide) groups is 1. The minimum Gasteiger partial charge on any atom is -0.399 e. The fraction of sp³-hybridized carbons (Fsp3) is 0.200. The van der Waals surface area contributed by atoms with Crippen LogP contribution in [0.15, 0.2) is 35.4 Å². The van der Waals surface area contributed by atoms with Crippen molar-refractivity contribution in [3.8, 4) is 0 Å². The van der Waals surface area contributed by atoms with Crippen molar-refractivity contribution in [2.75, 3.05) is 5.73 Å². The summed E-state index contributed by atoms with van der Waals surface area (Å²) in [4.78, 5) is 1.15. The van der Waals surface area contributed by atoms with Gasteiger partial charge in [-0.05, 0) is 18.2 Å². The Kier molecular flexibility index (Phi) is 2.91. The molecule has 2 aromatic rings. The average Bonchev–Trinajstić information content (AvgIpc) is 2.62. The van der Waals surface area contributed by atoms with Crippen LogP contribution in [0.4, 0.5) is 5.69 Å². The van der Waals surface area contributed by atoms with Gasteiger partial charge in [-0.2, -0.15) is 0 Å². The molecule has 1 heterocycles. The highest BCUT2D eigenvalue weighted by Crippen LogP contribution is 2.23. The fourth-order valence-corrected chi connectivity index (χ4v) is 2.06. The monoisotopic (exact) mass is 220 g/mol. The number of nitrogens with two attached hydrogens (primary N) is 1. The van der Waals surface area contributed by atoms with Crippen LogP contribution in [-0.2, 0) is 12.8 Å². The van der Waals surface area contributed by atoms with Crippen LogP contribution in [0.1, 0.15) is 5.69 Å². The lowest BCUT2D eigenvalue weighted by Crippen LogP contribution is -1.85. The number of aryl methyl sites for hydroxylation is 1. The third-order valence-corrected chi connectivity index (χ3v) is 2.92. The van der Waals surface area contributed by atoms with Gasteiger partial charge >= 0.3 is 0 Å². The van der Waals surface area contributed by atoms with Crippen molar-refractivity contribution in [1.29, 1.82) is 0 Å². The predicted molar refractivity (Wildman–Crippen MR) is 61.4 cm³/mol. The first-order valence-corrected chi connectivity index (χ1v) is 5.56. The van der Waals surface area contributed by atoms with Crippen LogP contribution in [0.5, 0.6) is 0 Å². The zero-order valence-electron chi connectivity index (χ0n) is 8.42. The molecule has 0 saturated heterocycles. The summed E-state index contributed by atoms with van der Waals surface area (Å²) in [7, 11) is 1.86. The Morgan fingerprint density at radius 1 is 1.47 bits per heavy atom. The number of hydrogen-bond acceptors (Lipinski definition) is 4. The van der Waals surface area contributed by atoms with E-state index in [0.29, 0.717) is 0 Å². The summed E-state index contributed by atoms with van der Waals surface area (Å²) in [6, 6.07) is 7.83. The Labute approximate surface area is 92.5 Å². The third-order valence-electron chi connectivity index (χ3n) is 1.89. The lowest BCUT2D eigenvalue weighted by molar-refractivity contribution is 0.714. The van der Waals surface area contributed by atoms with Gasteiger partial charge in [-0.15, -0.1) is 16.9 Å². The van der Waals surface area contributed by atoms with E-state index < -0.39 is 0 Å². The van der Waals surface area contributed by atoms with Crippen LogP contribution < -0.4 is 5.73 Å². The topological polar surface area (TPSA) is 56.7 Å². The second kappa shape index (κ2) is 4.35. The summed E-state index contributed by atoms with van der Waals surface area (Å²) in [6.45, 7) is 0. The van der Waals surface area contributed by atoms with E-state index in [1.165, 1.54) is 0 Å². The second-order valence-electron chi connectivity index (χ2n) is 3.24. The summed E-state index contributed by atoms with van der Waals surface area (Å²) in [6.07, 6.45) is 1.92. The molecule has 0 spiro atoms. The predicted octanol–water partition coefficient (Wildman–Crippen LogP) is 1.69. The average molecular weight is 220 g/mol. The molecule has 1 aromatic heterocycles. The van der Waals surface area contributed by atoms with Crippen LogP contribution in [0.2, 0.25) is 0 Å². The highest BCUT2D eigenvalue weighted by atomic mass is 32.2. The molecule has 5 heteroatoms. The molecule has 0 aliphatic heterocycles. The van der Waals surface area contributed by atoms with Crippen LogP contribution in [0.25, 0.3) is 0 Å². The van der Waals surface area contributed by atoms with Gasteiger partial charge in [0.2, 0.25) is 0 Å². The molecule has 0 atom stereocenters. The third kappa shape index (κ3) is 2.73. The van der Waals surface area contributed by atoms with E-state index in [1.807, 2.05) is 37.5 Å². The van der Waals surface area contributed by atoms with Crippen LogP contribution >= 0.6 is 11.8 Å². The zero-order chi connectivity index (χ0) is 10.7. The maximum atomic E-state index is 5.69. The van der Waals surface area contributed by atoms with Crippen molar-refractivity contribution >= 4 is 17.4 Å². The quantitative estimate of drug-likeness (QED) is 0.631. The molecule has 1 aromatic carbocycles. The summed E-state index contributed by atoms with van der Waals surface area (Å²) in [5, 5.41) is 7.89. The van der Waals surface area contributed by atoms with Gasteiger partial charge < -0.3 is 5.73 Å². The van der Waals surface area contributed by atoms with E-state index in [9.17, 15) is 0 Å². The normalized spacial score (nSPS) is 10.5. The van der Waals surface area contributed by atoms with Gasteiger partial charge in [0, 0.05) is 29.6 Å². The highest BCUT2D eigenvalue weighted by molar-refractivity contribution is 7.98. The summed E-state index contributed by atoms with van der Waals surface area (Å²) < 4.78 is 1.70. The smallest absolute Gasteiger partial charge is 0.0929 e. The van der Waals surface area contributed by atoms with Crippen LogP contribution in [0.3, 0.4) is 0 Å². The first-order chi connectivity index (χ1) is 7.24. The van der Waals surface area contributed by atoms with Crippen molar-refractivity contribution in [3.63, 3.8) is 0 Å². The van der Waals surface area contributed by atoms with Crippen LogP contribution in [0, 0.1) is 0 Å². The van der Waals surface area contributed by atoms with E-state index in [0.717, 1.165) is 22.0 Å². The van der Waals surface area contributed by atoms with Gasteiger partial charge in [-0.3, -0.25) is 4.68 Å². The highest BCUT2D eigenvalue weighted by Gasteiger charge is 2.00. The minimum atomic E-state index is 0.791. The first kappa shape index (κ1) is 10.0. The second-order valence-corrected chi connectivity index (χ2v) is 4.29. The number of nitrogens with zero attached hydrogens (tertiary/aromatic N) is 3. The molecule has 0 saturated carbocycles. The molecule has 0 fully saturated rings. The SMILES string of the molecule is Cn1cc(CSc2cccc(N)c2)nn1. The molecule has 4 nitrogen and oxygen atoms in total. The first-order valence-electron chi connectivity index (χ1n) is 4.57. The van der Waals surface area contributed by atoms with E-state index >= 15 is 0 Å². The molecule has 15 heavy (non-hydrogen) atoms. The van der Waals surface area contributed by atoms with Crippen molar-refractivity contribution in [2.24, 2.45) is 7.05 Å². The molecule has 78 valence electrons. The Morgan fingerprint density at radius 3 is 3.00 bits per heavy atom. The molecular formula is C10H12N4S. The maximum Gasteiger partial charge on any atom is 0.0929 e. The molecule has 2 rings (SSSR count). The number of anilines is 1. The van der Waals surface area contributed by atoms with Crippen molar-refractivity contribution in [1.82, 2.24) is 15.0 Å². The summed E-state index contributed by atoms with van der Waals surface area (Å²) in [5.74, 6) is 0.817. The van der Waals surface area contributed by atoms with Gasteiger partial charge in [0.25, 0.3) is 0 Å². The number of rotatable bonds is 3. The Hall–Kier alpha value is -1.49. The van der Waals surface area contributed by atoms with E-state index in [1.54, 1.807) is 16.4 Å². The largest absolute Gasteiger partial charge is 0.399 e.